The average Bonchev–Trinajstić information content (AvgIpc) is 2.98. The number of hydrogen-bond donors (Lipinski definition) is 1. The fourth-order valence-corrected chi connectivity index (χ4v) is 3.39. The van der Waals surface area contributed by atoms with E-state index in [2.05, 4.69) is 35.0 Å². The molecule has 28 heavy (non-hydrogen) atoms. The molecule has 0 atom stereocenters. The molecule has 0 radical (unpaired) electrons. The highest BCUT2D eigenvalue weighted by Crippen LogP contribution is 2.28. The Morgan fingerprint density at radius 1 is 1.04 bits per heavy atom. The molecule has 0 saturated heterocycles. The number of hydrogen-bond acceptors (Lipinski definition) is 4. The van der Waals surface area contributed by atoms with E-state index in [0.717, 1.165) is 33.2 Å². The fraction of sp³-hybridized carbons (Fsp3) is 0.227. The Kier molecular flexibility index (Phi) is 6.26. The number of aryl methyl sites for hydroxylation is 1. The number of para-hydroxylation sites is 1. The summed E-state index contributed by atoms with van der Waals surface area (Å²) in [6.45, 7) is 4.71. The van der Waals surface area contributed by atoms with Crippen molar-refractivity contribution in [2.24, 2.45) is 5.10 Å². The van der Waals surface area contributed by atoms with Crippen molar-refractivity contribution in [3.63, 3.8) is 0 Å². The smallest absolute Gasteiger partial charge is 0.161 e. The first kappa shape index (κ1) is 19.8. The van der Waals surface area contributed by atoms with Crippen molar-refractivity contribution in [3.8, 4) is 17.2 Å². The molecule has 3 rings (SSSR count). The van der Waals surface area contributed by atoms with E-state index >= 15 is 0 Å². The van der Waals surface area contributed by atoms with Crippen molar-refractivity contribution >= 4 is 17.8 Å². The summed E-state index contributed by atoms with van der Waals surface area (Å²) in [5, 5.41) is 5.09. The van der Waals surface area contributed by atoms with E-state index in [1.165, 1.54) is 0 Å². The SMILES string of the molecule is COc1ccc(CN/N=C/c2cc(C)n(-c3ccccc3Cl)c2C)cc1OC. The van der Waals surface area contributed by atoms with Gasteiger partial charge in [0.25, 0.3) is 0 Å². The van der Waals surface area contributed by atoms with Crippen LogP contribution in [0.15, 0.2) is 53.6 Å². The van der Waals surface area contributed by atoms with E-state index in [1.807, 2.05) is 48.7 Å². The van der Waals surface area contributed by atoms with Crippen molar-refractivity contribution in [1.82, 2.24) is 9.99 Å². The van der Waals surface area contributed by atoms with Crippen LogP contribution in [0.25, 0.3) is 5.69 Å². The lowest BCUT2D eigenvalue weighted by atomic mass is 10.2. The summed E-state index contributed by atoms with van der Waals surface area (Å²) in [4.78, 5) is 0. The molecule has 1 heterocycles. The van der Waals surface area contributed by atoms with E-state index < -0.39 is 0 Å². The first-order valence-corrected chi connectivity index (χ1v) is 9.33. The fourth-order valence-electron chi connectivity index (χ4n) is 3.16. The van der Waals surface area contributed by atoms with Gasteiger partial charge >= 0.3 is 0 Å². The largest absolute Gasteiger partial charge is 0.493 e. The van der Waals surface area contributed by atoms with Gasteiger partial charge in [-0.3, -0.25) is 0 Å². The Labute approximate surface area is 170 Å². The molecular formula is C22H24ClN3O2. The maximum absolute atomic E-state index is 6.37. The van der Waals surface area contributed by atoms with Gasteiger partial charge in [0.15, 0.2) is 11.5 Å². The number of ether oxygens (including phenoxy) is 2. The van der Waals surface area contributed by atoms with Crippen molar-refractivity contribution in [1.29, 1.82) is 0 Å². The molecule has 0 aliphatic heterocycles. The summed E-state index contributed by atoms with van der Waals surface area (Å²) in [6, 6.07) is 15.7. The van der Waals surface area contributed by atoms with E-state index in [1.54, 1.807) is 14.2 Å². The Morgan fingerprint density at radius 2 is 1.79 bits per heavy atom. The second kappa shape index (κ2) is 8.85. The molecule has 5 nitrogen and oxygen atoms in total. The van der Waals surface area contributed by atoms with Gasteiger partial charge in [-0.1, -0.05) is 29.8 Å². The van der Waals surface area contributed by atoms with Gasteiger partial charge in [0.2, 0.25) is 0 Å². The van der Waals surface area contributed by atoms with Gasteiger partial charge in [-0.15, -0.1) is 0 Å². The van der Waals surface area contributed by atoms with Crippen LogP contribution in [0.4, 0.5) is 0 Å². The Hall–Kier alpha value is -2.92. The van der Waals surface area contributed by atoms with Gasteiger partial charge in [0.1, 0.15) is 0 Å². The third kappa shape index (κ3) is 4.15. The van der Waals surface area contributed by atoms with E-state index in [0.29, 0.717) is 18.0 Å². The minimum Gasteiger partial charge on any atom is -0.493 e. The van der Waals surface area contributed by atoms with E-state index in [-0.39, 0.29) is 0 Å². The monoisotopic (exact) mass is 397 g/mol. The molecule has 0 aliphatic carbocycles. The number of hydrazone groups is 1. The van der Waals surface area contributed by atoms with Gasteiger partial charge in [-0.25, -0.2) is 0 Å². The summed E-state index contributed by atoms with van der Waals surface area (Å²) >= 11 is 6.37. The summed E-state index contributed by atoms with van der Waals surface area (Å²) < 4.78 is 12.7. The quantitative estimate of drug-likeness (QED) is 0.456. The molecule has 0 spiro atoms. The number of nitrogens with one attached hydrogen (secondary N) is 1. The summed E-state index contributed by atoms with van der Waals surface area (Å²) in [5.41, 5.74) is 8.33. The van der Waals surface area contributed by atoms with Crippen LogP contribution in [0.5, 0.6) is 11.5 Å². The van der Waals surface area contributed by atoms with Gasteiger partial charge in [-0.05, 0) is 49.7 Å². The van der Waals surface area contributed by atoms with Crippen LogP contribution in [-0.4, -0.2) is 25.0 Å². The zero-order valence-corrected chi connectivity index (χ0v) is 17.2. The second-order valence-corrected chi connectivity index (χ2v) is 6.80. The van der Waals surface area contributed by atoms with Crippen LogP contribution >= 0.6 is 11.6 Å². The molecule has 0 unspecified atom stereocenters. The molecule has 1 N–H and O–H groups in total. The van der Waals surface area contributed by atoms with Crippen molar-refractivity contribution in [2.45, 2.75) is 20.4 Å². The minimum absolute atomic E-state index is 0.583. The molecule has 0 amide bonds. The minimum atomic E-state index is 0.583. The molecule has 0 fully saturated rings. The molecule has 0 bridgehead atoms. The average molecular weight is 398 g/mol. The second-order valence-electron chi connectivity index (χ2n) is 6.40. The summed E-state index contributed by atoms with van der Waals surface area (Å²) in [5.74, 6) is 1.41. The highest BCUT2D eigenvalue weighted by Gasteiger charge is 2.11. The number of halogens is 1. The van der Waals surface area contributed by atoms with Crippen LogP contribution in [0, 0.1) is 13.8 Å². The van der Waals surface area contributed by atoms with Crippen LogP contribution in [0.3, 0.4) is 0 Å². The molecule has 1 aromatic heterocycles. The topological polar surface area (TPSA) is 47.8 Å². The molecule has 2 aromatic carbocycles. The lowest BCUT2D eigenvalue weighted by Gasteiger charge is -2.11. The number of nitrogens with zero attached hydrogens (tertiary/aromatic N) is 2. The Morgan fingerprint density at radius 3 is 2.50 bits per heavy atom. The number of rotatable bonds is 7. The number of methoxy groups -OCH3 is 2. The third-order valence-electron chi connectivity index (χ3n) is 4.59. The predicted molar refractivity (Wildman–Crippen MR) is 114 cm³/mol. The standard InChI is InChI=1S/C22H24ClN3O2/c1-15-11-18(16(2)26(15)20-8-6-5-7-19(20)23)14-25-24-13-17-9-10-21(27-3)22(12-17)28-4/h5-12,14,24H,13H2,1-4H3/b25-14+. The zero-order valence-electron chi connectivity index (χ0n) is 16.5. The summed E-state index contributed by atoms with van der Waals surface area (Å²) in [6.07, 6.45) is 1.83. The lowest BCUT2D eigenvalue weighted by Crippen LogP contribution is -2.06. The van der Waals surface area contributed by atoms with Crippen LogP contribution in [0.1, 0.15) is 22.5 Å². The molecule has 3 aromatic rings. The van der Waals surface area contributed by atoms with E-state index in [9.17, 15) is 0 Å². The molecule has 0 saturated carbocycles. The lowest BCUT2D eigenvalue weighted by molar-refractivity contribution is 0.354. The third-order valence-corrected chi connectivity index (χ3v) is 4.91. The molecule has 6 heteroatoms. The van der Waals surface area contributed by atoms with Crippen LogP contribution < -0.4 is 14.9 Å². The maximum Gasteiger partial charge on any atom is 0.161 e. The predicted octanol–water partition coefficient (Wildman–Crippen LogP) is 4.89. The molecule has 0 aliphatic rings. The van der Waals surface area contributed by atoms with Crippen molar-refractivity contribution in [3.05, 3.63) is 76.1 Å². The van der Waals surface area contributed by atoms with Crippen molar-refractivity contribution in [2.75, 3.05) is 14.2 Å². The number of benzene rings is 2. The molecular weight excluding hydrogens is 374 g/mol. The first-order chi connectivity index (χ1) is 13.5. The maximum atomic E-state index is 6.37. The first-order valence-electron chi connectivity index (χ1n) is 8.95. The van der Waals surface area contributed by atoms with E-state index in [4.69, 9.17) is 21.1 Å². The van der Waals surface area contributed by atoms with Gasteiger partial charge in [-0.2, -0.15) is 5.10 Å². The Bertz CT molecular complexity index is 995. The highest BCUT2D eigenvalue weighted by atomic mass is 35.5. The van der Waals surface area contributed by atoms with Crippen LogP contribution in [-0.2, 0) is 6.54 Å². The van der Waals surface area contributed by atoms with Crippen molar-refractivity contribution < 1.29 is 9.47 Å². The zero-order chi connectivity index (χ0) is 20.1. The van der Waals surface area contributed by atoms with Crippen LogP contribution in [0.2, 0.25) is 5.02 Å². The number of aromatic nitrogens is 1. The van der Waals surface area contributed by atoms with Gasteiger partial charge < -0.3 is 19.5 Å². The Balaban J connectivity index is 1.72. The van der Waals surface area contributed by atoms with Gasteiger partial charge in [0.05, 0.1) is 37.7 Å². The highest BCUT2D eigenvalue weighted by molar-refractivity contribution is 6.32. The summed E-state index contributed by atoms with van der Waals surface area (Å²) in [7, 11) is 3.25. The molecule has 146 valence electrons. The normalized spacial score (nSPS) is 11.0. The van der Waals surface area contributed by atoms with Gasteiger partial charge in [0, 0.05) is 17.0 Å².